The molecule has 8 heteroatoms. The van der Waals surface area contributed by atoms with Crippen LogP contribution in [0.25, 0.3) is 0 Å². The number of Topliss-reactive ketones (excluding diaryl/α,β-unsaturated/α-hetero) is 1. The maximum Gasteiger partial charge on any atom is 0.313 e. The predicted molar refractivity (Wildman–Crippen MR) is 131 cm³/mol. The third kappa shape index (κ3) is 5.42. The highest BCUT2D eigenvalue weighted by atomic mass is 19.1. The lowest BCUT2D eigenvalue weighted by Gasteiger charge is -2.24. The Kier molecular flexibility index (Phi) is 7.28. The van der Waals surface area contributed by atoms with Gasteiger partial charge in [0.15, 0.2) is 5.78 Å². The lowest BCUT2D eigenvalue weighted by atomic mass is 10.0. The highest BCUT2D eigenvalue weighted by molar-refractivity contribution is 6.43. The minimum atomic E-state index is -1.27. The minimum absolute atomic E-state index is 0.0314. The lowest BCUT2D eigenvalue weighted by Crippen LogP contribution is -2.49. The summed E-state index contributed by atoms with van der Waals surface area (Å²) in [5, 5.41) is 8.81. The van der Waals surface area contributed by atoms with Crippen LogP contribution in [-0.2, 0) is 20.1 Å². The molecule has 1 heterocycles. The number of halogens is 1. The zero-order valence-corrected chi connectivity index (χ0v) is 19.7. The van der Waals surface area contributed by atoms with Gasteiger partial charge >= 0.3 is 5.91 Å². The first-order valence-electron chi connectivity index (χ1n) is 12.1. The van der Waals surface area contributed by atoms with E-state index in [-0.39, 0.29) is 29.9 Å². The fraction of sp³-hybridized carbons (Fsp3) is 0.407. The van der Waals surface area contributed by atoms with Gasteiger partial charge in [-0.05, 0) is 49.8 Å². The maximum absolute atomic E-state index is 15.1. The van der Waals surface area contributed by atoms with Crippen LogP contribution in [0.3, 0.4) is 0 Å². The van der Waals surface area contributed by atoms with Crippen molar-refractivity contribution in [2.75, 3.05) is 18.4 Å². The van der Waals surface area contributed by atoms with E-state index >= 15 is 4.39 Å². The summed E-state index contributed by atoms with van der Waals surface area (Å²) in [5.74, 6) is -0.946. The molecule has 1 aliphatic heterocycles. The van der Waals surface area contributed by atoms with Gasteiger partial charge in [0.1, 0.15) is 5.67 Å². The predicted octanol–water partition coefficient (Wildman–Crippen LogP) is 1.75. The number of hydrogen-bond donors (Lipinski definition) is 3. The summed E-state index contributed by atoms with van der Waals surface area (Å²) >= 11 is 0. The van der Waals surface area contributed by atoms with Crippen LogP contribution in [0.2, 0.25) is 0 Å². The van der Waals surface area contributed by atoms with Crippen LogP contribution in [0.4, 0.5) is 10.1 Å². The quantitative estimate of drug-likeness (QED) is 0.426. The van der Waals surface area contributed by atoms with Crippen molar-refractivity contribution in [3.05, 3.63) is 65.7 Å². The lowest BCUT2D eigenvalue weighted by molar-refractivity contribution is -0.136. The molecule has 0 aromatic heterocycles. The topological polar surface area (TPSA) is 118 Å². The van der Waals surface area contributed by atoms with Crippen molar-refractivity contribution in [1.82, 2.24) is 4.90 Å². The number of primary amides is 1. The minimum Gasteiger partial charge on any atom is -0.375 e. The summed E-state index contributed by atoms with van der Waals surface area (Å²) < 4.78 is 15.1. The number of carbonyl (C=O) groups is 3. The van der Waals surface area contributed by atoms with Gasteiger partial charge in [-0.2, -0.15) is 0 Å². The molecule has 0 spiro atoms. The number of amides is 2. The number of hydrogen-bond acceptors (Lipinski definition) is 4. The summed E-state index contributed by atoms with van der Waals surface area (Å²) in [6.07, 6.45) is 3.54. The van der Waals surface area contributed by atoms with Crippen molar-refractivity contribution >= 4 is 29.0 Å². The number of nitrogens with one attached hydrogen (secondary N) is 1. The fourth-order valence-electron chi connectivity index (χ4n) is 5.07. The van der Waals surface area contributed by atoms with Gasteiger partial charge in [0.2, 0.25) is 5.91 Å². The van der Waals surface area contributed by atoms with Gasteiger partial charge in [0.25, 0.3) is 5.71 Å². The number of ketones is 1. The second-order valence-corrected chi connectivity index (χ2v) is 9.41. The van der Waals surface area contributed by atoms with Crippen LogP contribution in [0.15, 0.2) is 54.6 Å². The molecule has 5 N–H and O–H groups in total. The van der Waals surface area contributed by atoms with Gasteiger partial charge in [-0.15, -0.1) is 0 Å². The largest absolute Gasteiger partial charge is 0.375 e. The molecule has 0 bridgehead atoms. The fourth-order valence-corrected chi connectivity index (χ4v) is 5.07. The van der Waals surface area contributed by atoms with E-state index in [1.54, 1.807) is 29.2 Å². The molecule has 2 aromatic rings. The van der Waals surface area contributed by atoms with Gasteiger partial charge in [0.05, 0.1) is 18.2 Å². The number of para-hydroxylation sites is 1. The zero-order chi connectivity index (χ0) is 25.0. The number of likely N-dealkylation sites (tertiary alicyclic amines) is 1. The Labute approximate surface area is 204 Å². The first-order valence-corrected chi connectivity index (χ1v) is 12.1. The number of benzene rings is 2. The highest BCUT2D eigenvalue weighted by Gasteiger charge is 2.55. The zero-order valence-electron chi connectivity index (χ0n) is 19.7. The van der Waals surface area contributed by atoms with E-state index in [1.807, 2.05) is 30.3 Å². The summed E-state index contributed by atoms with van der Waals surface area (Å²) in [7, 11) is 0. The second-order valence-electron chi connectivity index (χ2n) is 9.41. The molecule has 35 heavy (non-hydrogen) atoms. The Balaban J connectivity index is 1.27. The molecule has 1 aliphatic carbocycles. The molecule has 0 radical (unpaired) electrons. The van der Waals surface area contributed by atoms with Gasteiger partial charge in [-0.25, -0.2) is 9.80 Å². The molecule has 2 fully saturated rings. The number of anilines is 1. The molecular weight excluding hydrogens is 447 g/mol. The Morgan fingerprint density at radius 3 is 2.57 bits per heavy atom. The van der Waals surface area contributed by atoms with Crippen molar-refractivity contribution in [2.24, 2.45) is 11.7 Å². The van der Waals surface area contributed by atoms with Crippen molar-refractivity contribution in [2.45, 2.75) is 50.2 Å². The average Bonchev–Trinajstić information content (AvgIpc) is 3.28. The SMILES string of the molecule is NC(=O)C(=[NH2+])c1ccccc1NCC(=O)N1CCC[C@H]1C(=O)CCCC1CC1(F)c1ccccc1. The van der Waals surface area contributed by atoms with Crippen LogP contribution in [-0.4, -0.2) is 47.3 Å². The number of nitrogens with zero attached hydrogens (tertiary/aromatic N) is 1. The van der Waals surface area contributed by atoms with Gasteiger partial charge in [0, 0.05) is 24.6 Å². The van der Waals surface area contributed by atoms with Crippen LogP contribution < -0.4 is 16.5 Å². The standard InChI is InChI=1S/C27H31FN4O3/c28-27(18-8-2-1-3-9-18)16-19(27)10-6-14-23(33)22-13-7-15-32(22)24(34)17-31-21-12-5-4-11-20(21)25(29)26(30)35/h1-5,8-9,11-12,19,22,29,31H,6-7,10,13-17H2,(H2,30,35)/p+1/t19?,22-,27?/m0/s1. The first-order chi connectivity index (χ1) is 16.8. The van der Waals surface area contributed by atoms with E-state index in [4.69, 9.17) is 11.1 Å². The summed E-state index contributed by atoms with van der Waals surface area (Å²) in [5.41, 5.74) is 5.61. The van der Waals surface area contributed by atoms with E-state index in [1.165, 1.54) is 0 Å². The number of nitrogens with two attached hydrogens (primary N) is 2. The Morgan fingerprint density at radius 2 is 1.83 bits per heavy atom. The van der Waals surface area contributed by atoms with Gasteiger partial charge < -0.3 is 16.0 Å². The summed E-state index contributed by atoms with van der Waals surface area (Å²) in [6, 6.07) is 15.6. The van der Waals surface area contributed by atoms with Crippen molar-refractivity contribution in [3.8, 4) is 0 Å². The monoisotopic (exact) mass is 479 g/mol. The molecule has 2 aliphatic rings. The molecule has 2 amide bonds. The molecule has 1 saturated carbocycles. The van der Waals surface area contributed by atoms with E-state index in [0.717, 1.165) is 6.42 Å². The second kappa shape index (κ2) is 10.4. The molecule has 3 atom stereocenters. The average molecular weight is 480 g/mol. The number of alkyl halides is 1. The first kappa shape index (κ1) is 24.6. The highest BCUT2D eigenvalue weighted by Crippen LogP contribution is 2.57. The molecular formula is C27H32FN4O3+. The van der Waals surface area contributed by atoms with Crippen LogP contribution in [0, 0.1) is 5.92 Å². The van der Waals surface area contributed by atoms with Crippen LogP contribution in [0.1, 0.15) is 49.7 Å². The Hall–Kier alpha value is -3.55. The van der Waals surface area contributed by atoms with E-state index in [2.05, 4.69) is 5.32 Å². The van der Waals surface area contributed by atoms with Crippen LogP contribution in [0.5, 0.6) is 0 Å². The third-order valence-electron chi connectivity index (χ3n) is 7.12. The molecule has 2 unspecified atom stereocenters. The van der Waals surface area contributed by atoms with Gasteiger partial charge in [-0.3, -0.25) is 14.4 Å². The summed E-state index contributed by atoms with van der Waals surface area (Å²) in [6.45, 7) is 0.495. The molecule has 184 valence electrons. The number of rotatable bonds is 11. The smallest absolute Gasteiger partial charge is 0.313 e. The van der Waals surface area contributed by atoms with E-state index in [0.29, 0.717) is 55.5 Å². The Bertz CT molecular complexity index is 1120. The number of carbonyl (C=O) groups excluding carboxylic acids is 3. The summed E-state index contributed by atoms with van der Waals surface area (Å²) in [4.78, 5) is 38.9. The molecule has 1 saturated heterocycles. The Morgan fingerprint density at radius 1 is 1.11 bits per heavy atom. The molecule has 7 nitrogen and oxygen atoms in total. The van der Waals surface area contributed by atoms with Crippen molar-refractivity contribution < 1.29 is 24.2 Å². The maximum atomic E-state index is 15.1. The molecule has 2 aromatic carbocycles. The van der Waals surface area contributed by atoms with Gasteiger partial charge in [-0.1, -0.05) is 42.5 Å². The van der Waals surface area contributed by atoms with Crippen molar-refractivity contribution in [3.63, 3.8) is 0 Å². The van der Waals surface area contributed by atoms with E-state index in [9.17, 15) is 14.4 Å². The van der Waals surface area contributed by atoms with Crippen LogP contribution >= 0.6 is 0 Å². The van der Waals surface area contributed by atoms with E-state index < -0.39 is 17.6 Å². The third-order valence-corrected chi connectivity index (χ3v) is 7.12. The molecule has 4 rings (SSSR count). The van der Waals surface area contributed by atoms with Crippen molar-refractivity contribution in [1.29, 1.82) is 0 Å². The normalized spacial score (nSPS) is 23.1.